The van der Waals surface area contributed by atoms with Crippen molar-refractivity contribution in [2.24, 2.45) is 0 Å². The van der Waals surface area contributed by atoms with E-state index in [1.54, 1.807) is 10.7 Å². The molecule has 0 aliphatic heterocycles. The van der Waals surface area contributed by atoms with Gasteiger partial charge < -0.3 is 5.11 Å². The summed E-state index contributed by atoms with van der Waals surface area (Å²) in [6, 6.07) is 3.81. The minimum absolute atomic E-state index is 0.246. The fourth-order valence-corrected chi connectivity index (χ4v) is 2.86. The minimum atomic E-state index is -0.942. The van der Waals surface area contributed by atoms with Gasteiger partial charge in [-0.2, -0.15) is 5.10 Å². The van der Waals surface area contributed by atoms with E-state index in [0.29, 0.717) is 5.82 Å². The van der Waals surface area contributed by atoms with E-state index in [-0.39, 0.29) is 5.56 Å². The highest BCUT2D eigenvalue weighted by Crippen LogP contribution is 2.25. The number of aromatic nitrogens is 3. The number of pyridine rings is 1. The molecule has 110 valence electrons. The lowest BCUT2D eigenvalue weighted by atomic mass is 10.1. The average Bonchev–Trinajstić information content (AvgIpc) is 3.11. The Kier molecular flexibility index (Phi) is 3.49. The van der Waals surface area contributed by atoms with Crippen molar-refractivity contribution in [3.63, 3.8) is 0 Å². The zero-order chi connectivity index (χ0) is 15.0. The Hall–Kier alpha value is -2.17. The fourth-order valence-electron chi connectivity index (χ4n) is 2.86. The second-order valence-electron chi connectivity index (χ2n) is 5.37. The number of aryl methyl sites for hydroxylation is 4. The molecule has 0 radical (unpaired) electrons. The third kappa shape index (κ3) is 2.33. The van der Waals surface area contributed by atoms with Crippen LogP contribution in [-0.2, 0) is 25.7 Å². The van der Waals surface area contributed by atoms with E-state index in [9.17, 15) is 9.90 Å². The van der Waals surface area contributed by atoms with Crippen LogP contribution in [0.25, 0.3) is 5.82 Å². The van der Waals surface area contributed by atoms with Crippen molar-refractivity contribution in [1.29, 1.82) is 0 Å². The SMILES string of the molecule is CCc1cc(CC)n(-c2nc3c(cc2C(=O)O)CCC3)n1. The maximum absolute atomic E-state index is 11.6. The van der Waals surface area contributed by atoms with Gasteiger partial charge in [-0.1, -0.05) is 13.8 Å². The minimum Gasteiger partial charge on any atom is -0.478 e. The highest BCUT2D eigenvalue weighted by Gasteiger charge is 2.22. The van der Waals surface area contributed by atoms with Crippen molar-refractivity contribution >= 4 is 5.97 Å². The number of rotatable bonds is 4. The molecule has 21 heavy (non-hydrogen) atoms. The van der Waals surface area contributed by atoms with E-state index < -0.39 is 5.97 Å². The van der Waals surface area contributed by atoms with Gasteiger partial charge in [0, 0.05) is 11.4 Å². The normalized spacial score (nSPS) is 13.4. The molecule has 0 bridgehead atoms. The largest absolute Gasteiger partial charge is 0.478 e. The number of hydrogen-bond acceptors (Lipinski definition) is 3. The number of carboxylic acid groups (broad SMARTS) is 1. The van der Waals surface area contributed by atoms with E-state index in [2.05, 4.69) is 10.1 Å². The molecule has 5 nitrogen and oxygen atoms in total. The lowest BCUT2D eigenvalue weighted by molar-refractivity contribution is 0.0696. The first-order valence-corrected chi connectivity index (χ1v) is 7.48. The van der Waals surface area contributed by atoms with E-state index in [1.165, 1.54) is 0 Å². The molecule has 2 heterocycles. The third-order valence-corrected chi connectivity index (χ3v) is 4.02. The summed E-state index contributed by atoms with van der Waals surface area (Å²) in [5.74, 6) is -0.484. The third-order valence-electron chi connectivity index (χ3n) is 4.02. The lowest BCUT2D eigenvalue weighted by Gasteiger charge is -2.11. The predicted octanol–water partition coefficient (Wildman–Crippen LogP) is 2.58. The molecule has 5 heteroatoms. The molecule has 1 aliphatic carbocycles. The molecule has 0 saturated heterocycles. The van der Waals surface area contributed by atoms with Gasteiger partial charge in [0.1, 0.15) is 5.56 Å². The summed E-state index contributed by atoms with van der Waals surface area (Å²) in [6.45, 7) is 4.08. The van der Waals surface area contributed by atoms with Gasteiger partial charge in [-0.25, -0.2) is 14.5 Å². The number of carbonyl (C=O) groups is 1. The Morgan fingerprint density at radius 3 is 2.76 bits per heavy atom. The van der Waals surface area contributed by atoms with Crippen molar-refractivity contribution in [3.05, 3.63) is 40.3 Å². The standard InChI is InChI=1S/C16H19N3O2/c1-3-11-9-12(4-2)19(18-11)15-13(16(20)21)8-10-6-5-7-14(10)17-15/h8-9H,3-7H2,1-2H3,(H,20,21). The van der Waals surface area contributed by atoms with Crippen LogP contribution in [0.1, 0.15) is 53.3 Å². The summed E-state index contributed by atoms with van der Waals surface area (Å²) in [7, 11) is 0. The molecule has 1 N–H and O–H groups in total. The first-order chi connectivity index (χ1) is 10.1. The number of carboxylic acids is 1. The Morgan fingerprint density at radius 2 is 2.10 bits per heavy atom. The summed E-state index contributed by atoms with van der Waals surface area (Å²) in [5.41, 5.74) is 4.30. The van der Waals surface area contributed by atoms with Gasteiger partial charge in [-0.15, -0.1) is 0 Å². The summed E-state index contributed by atoms with van der Waals surface area (Å²) >= 11 is 0. The summed E-state index contributed by atoms with van der Waals surface area (Å²) in [5, 5.41) is 14.0. The Balaban J connectivity index is 2.21. The molecular formula is C16H19N3O2. The van der Waals surface area contributed by atoms with Crippen molar-refractivity contribution in [2.45, 2.75) is 46.0 Å². The van der Waals surface area contributed by atoms with Crippen molar-refractivity contribution in [1.82, 2.24) is 14.8 Å². The number of fused-ring (bicyclic) bond motifs is 1. The van der Waals surface area contributed by atoms with Crippen LogP contribution in [0.15, 0.2) is 12.1 Å². The quantitative estimate of drug-likeness (QED) is 0.937. The molecular weight excluding hydrogens is 266 g/mol. The Morgan fingerprint density at radius 1 is 1.29 bits per heavy atom. The molecule has 2 aromatic heterocycles. The molecule has 0 saturated carbocycles. The zero-order valence-electron chi connectivity index (χ0n) is 12.4. The molecule has 2 aromatic rings. The Bertz CT molecular complexity index is 704. The Labute approximate surface area is 123 Å². The highest BCUT2D eigenvalue weighted by molar-refractivity contribution is 5.91. The molecule has 0 atom stereocenters. The summed E-state index contributed by atoms with van der Waals surface area (Å²) in [4.78, 5) is 16.2. The molecule has 1 aliphatic rings. The van der Waals surface area contributed by atoms with Crippen molar-refractivity contribution < 1.29 is 9.90 Å². The predicted molar refractivity (Wildman–Crippen MR) is 79.1 cm³/mol. The van der Waals surface area contributed by atoms with Gasteiger partial charge in [0.2, 0.25) is 0 Å². The fraction of sp³-hybridized carbons (Fsp3) is 0.438. The van der Waals surface area contributed by atoms with Crippen LogP contribution in [0.4, 0.5) is 0 Å². The van der Waals surface area contributed by atoms with Crippen LogP contribution in [0, 0.1) is 0 Å². The van der Waals surface area contributed by atoms with Crippen molar-refractivity contribution in [2.75, 3.05) is 0 Å². The van der Waals surface area contributed by atoms with Gasteiger partial charge in [0.05, 0.1) is 5.69 Å². The van der Waals surface area contributed by atoms with E-state index in [1.807, 2.05) is 19.9 Å². The molecule has 0 unspecified atom stereocenters. The number of hydrogen-bond donors (Lipinski definition) is 1. The van der Waals surface area contributed by atoms with Gasteiger partial charge >= 0.3 is 5.97 Å². The van der Waals surface area contributed by atoms with Crippen LogP contribution in [0.5, 0.6) is 0 Å². The maximum atomic E-state index is 11.6. The van der Waals surface area contributed by atoms with E-state index >= 15 is 0 Å². The average molecular weight is 285 g/mol. The highest BCUT2D eigenvalue weighted by atomic mass is 16.4. The van der Waals surface area contributed by atoms with E-state index in [4.69, 9.17) is 0 Å². The molecule has 0 aromatic carbocycles. The number of aromatic carboxylic acids is 1. The van der Waals surface area contributed by atoms with Crippen LogP contribution < -0.4 is 0 Å². The monoisotopic (exact) mass is 285 g/mol. The topological polar surface area (TPSA) is 68.0 Å². The zero-order valence-corrected chi connectivity index (χ0v) is 12.4. The van der Waals surface area contributed by atoms with Gasteiger partial charge in [0.25, 0.3) is 0 Å². The summed E-state index contributed by atoms with van der Waals surface area (Å²) < 4.78 is 1.71. The van der Waals surface area contributed by atoms with Gasteiger partial charge in [-0.05, 0) is 49.8 Å². The van der Waals surface area contributed by atoms with Gasteiger partial charge in [-0.3, -0.25) is 0 Å². The molecule has 0 fully saturated rings. The first kappa shape index (κ1) is 13.8. The molecule has 0 spiro atoms. The summed E-state index contributed by atoms with van der Waals surface area (Å²) in [6.07, 6.45) is 4.51. The molecule has 0 amide bonds. The van der Waals surface area contributed by atoms with Crippen LogP contribution in [-0.4, -0.2) is 25.8 Å². The number of nitrogens with zero attached hydrogens (tertiary/aromatic N) is 3. The van der Waals surface area contributed by atoms with Crippen LogP contribution in [0.2, 0.25) is 0 Å². The van der Waals surface area contributed by atoms with E-state index in [0.717, 1.165) is 54.7 Å². The second-order valence-corrected chi connectivity index (χ2v) is 5.37. The second kappa shape index (κ2) is 5.31. The van der Waals surface area contributed by atoms with Gasteiger partial charge in [0.15, 0.2) is 5.82 Å². The smallest absolute Gasteiger partial charge is 0.339 e. The van der Waals surface area contributed by atoms with Crippen LogP contribution in [0.3, 0.4) is 0 Å². The van der Waals surface area contributed by atoms with Crippen LogP contribution >= 0.6 is 0 Å². The van der Waals surface area contributed by atoms with Crippen molar-refractivity contribution in [3.8, 4) is 5.82 Å². The molecule has 3 rings (SSSR count). The first-order valence-electron chi connectivity index (χ1n) is 7.48. The maximum Gasteiger partial charge on any atom is 0.339 e. The lowest BCUT2D eigenvalue weighted by Crippen LogP contribution is -2.13.